The summed E-state index contributed by atoms with van der Waals surface area (Å²) < 4.78 is 1.50. The van der Waals surface area contributed by atoms with Crippen molar-refractivity contribution < 1.29 is 9.90 Å². The van der Waals surface area contributed by atoms with E-state index in [9.17, 15) is 9.90 Å². The van der Waals surface area contributed by atoms with Crippen LogP contribution in [-0.2, 0) is 6.42 Å². The summed E-state index contributed by atoms with van der Waals surface area (Å²) in [5, 5.41) is 9.56. The summed E-state index contributed by atoms with van der Waals surface area (Å²) >= 11 is 6.52. The van der Waals surface area contributed by atoms with Crippen LogP contribution in [0.25, 0.3) is 0 Å². The third-order valence-corrected chi connectivity index (χ3v) is 4.18. The first kappa shape index (κ1) is 16.1. The number of carbonyl (C=O) groups is 1. The minimum absolute atomic E-state index is 0.262. The number of hydrogen-bond donors (Lipinski definition) is 1. The normalized spacial score (nSPS) is 10.4. The number of rotatable bonds is 5. The topological polar surface area (TPSA) is 40.5 Å². The Balaban J connectivity index is 2.08. The molecule has 0 aliphatic rings. The molecule has 0 aliphatic carbocycles. The highest BCUT2D eigenvalue weighted by molar-refractivity contribution is 6.29. The molecule has 3 aromatic carbocycles. The van der Waals surface area contributed by atoms with Crippen molar-refractivity contribution in [2.45, 2.75) is 6.42 Å². The fraction of sp³-hybridized carbons (Fsp3) is 0.0500. The predicted molar refractivity (Wildman–Crippen MR) is 97.1 cm³/mol. The summed E-state index contributed by atoms with van der Waals surface area (Å²) in [5.41, 5.74) is 3.45. The second kappa shape index (κ2) is 7.20. The number of anilines is 2. The molecule has 3 rings (SSSR count). The molecule has 0 saturated heterocycles. The Morgan fingerprint density at radius 2 is 1.50 bits per heavy atom. The Hall–Kier alpha value is -2.78. The third kappa shape index (κ3) is 3.42. The molecule has 3 aromatic rings. The molecular formula is C20H16ClNO2. The van der Waals surface area contributed by atoms with E-state index in [-0.39, 0.29) is 5.56 Å². The Kier molecular flexibility index (Phi) is 4.82. The highest BCUT2D eigenvalue weighted by Gasteiger charge is 2.18. The van der Waals surface area contributed by atoms with Gasteiger partial charge in [0.15, 0.2) is 0 Å². The maximum absolute atomic E-state index is 11.7. The van der Waals surface area contributed by atoms with Gasteiger partial charge in [-0.05, 0) is 35.4 Å². The van der Waals surface area contributed by atoms with Crippen molar-refractivity contribution >= 4 is 29.1 Å². The molecule has 0 aromatic heterocycles. The minimum atomic E-state index is -0.957. The van der Waals surface area contributed by atoms with Crippen molar-refractivity contribution in [2.24, 2.45) is 0 Å². The quantitative estimate of drug-likeness (QED) is 0.645. The lowest BCUT2D eigenvalue weighted by Crippen LogP contribution is -2.10. The van der Waals surface area contributed by atoms with Crippen LogP contribution in [0.15, 0.2) is 78.9 Å². The molecule has 4 heteroatoms. The number of hydrogen-bond acceptors (Lipinski definition) is 2. The largest absolute Gasteiger partial charge is 0.478 e. The van der Waals surface area contributed by atoms with Crippen molar-refractivity contribution in [2.75, 3.05) is 4.42 Å². The monoisotopic (exact) mass is 337 g/mol. The summed E-state index contributed by atoms with van der Waals surface area (Å²) in [6.45, 7) is 0. The first-order chi connectivity index (χ1) is 11.7. The van der Waals surface area contributed by atoms with Gasteiger partial charge in [-0.3, -0.25) is 4.42 Å². The zero-order valence-electron chi connectivity index (χ0n) is 12.9. The molecule has 0 amide bonds. The molecule has 0 spiro atoms. The fourth-order valence-electron chi connectivity index (χ4n) is 2.64. The molecule has 0 atom stereocenters. The third-order valence-electron chi connectivity index (χ3n) is 3.80. The van der Waals surface area contributed by atoms with Gasteiger partial charge in [0, 0.05) is 18.2 Å². The number of nitrogens with zero attached hydrogens (tertiary/aromatic N) is 1. The van der Waals surface area contributed by atoms with Crippen LogP contribution in [0.1, 0.15) is 21.5 Å². The van der Waals surface area contributed by atoms with Crippen LogP contribution in [0.2, 0.25) is 0 Å². The van der Waals surface area contributed by atoms with E-state index in [4.69, 9.17) is 11.8 Å². The van der Waals surface area contributed by atoms with Crippen LogP contribution in [0.4, 0.5) is 11.4 Å². The molecule has 0 aliphatic heterocycles. The number of aromatic carboxylic acids is 1. The maximum Gasteiger partial charge on any atom is 0.336 e. The lowest BCUT2D eigenvalue weighted by molar-refractivity contribution is 0.0696. The Morgan fingerprint density at radius 1 is 0.875 bits per heavy atom. The molecule has 1 N–H and O–H groups in total. The predicted octanol–water partition coefficient (Wildman–Crippen LogP) is 5.27. The molecule has 0 bridgehead atoms. The summed E-state index contributed by atoms with van der Waals surface area (Å²) in [6, 6.07) is 24.4. The van der Waals surface area contributed by atoms with Gasteiger partial charge in [0.05, 0.1) is 16.9 Å². The smallest absolute Gasteiger partial charge is 0.336 e. The zero-order chi connectivity index (χ0) is 16.9. The van der Waals surface area contributed by atoms with Crippen LogP contribution < -0.4 is 4.42 Å². The van der Waals surface area contributed by atoms with Gasteiger partial charge in [0.1, 0.15) is 0 Å². The van der Waals surface area contributed by atoms with E-state index in [1.807, 2.05) is 66.7 Å². The molecule has 3 nitrogen and oxygen atoms in total. The highest BCUT2D eigenvalue weighted by atomic mass is 35.5. The van der Waals surface area contributed by atoms with Gasteiger partial charge < -0.3 is 5.11 Å². The molecule has 120 valence electrons. The van der Waals surface area contributed by atoms with Crippen molar-refractivity contribution in [1.29, 1.82) is 0 Å². The first-order valence-electron chi connectivity index (χ1n) is 7.57. The molecule has 24 heavy (non-hydrogen) atoms. The molecule has 0 unspecified atom stereocenters. The van der Waals surface area contributed by atoms with E-state index in [0.29, 0.717) is 17.7 Å². The summed E-state index contributed by atoms with van der Waals surface area (Å²) in [6.07, 6.45) is 0.495. The van der Waals surface area contributed by atoms with Crippen LogP contribution in [0.5, 0.6) is 0 Å². The molecule has 0 radical (unpaired) electrons. The Labute approximate surface area is 145 Å². The molecule has 0 fully saturated rings. The van der Waals surface area contributed by atoms with Gasteiger partial charge in [-0.25, -0.2) is 4.79 Å². The van der Waals surface area contributed by atoms with E-state index in [2.05, 4.69) is 0 Å². The Morgan fingerprint density at radius 3 is 2.12 bits per heavy atom. The number of halogens is 1. The van der Waals surface area contributed by atoms with Crippen molar-refractivity contribution in [3.8, 4) is 0 Å². The SMILES string of the molecule is O=C(O)c1cccc(N(Cl)c2ccccc2)c1Cc1ccccc1. The van der Waals surface area contributed by atoms with Crippen molar-refractivity contribution in [3.05, 3.63) is 95.6 Å². The van der Waals surface area contributed by atoms with Gasteiger partial charge in [-0.2, -0.15) is 0 Å². The van der Waals surface area contributed by atoms with E-state index < -0.39 is 5.97 Å². The minimum Gasteiger partial charge on any atom is -0.478 e. The van der Waals surface area contributed by atoms with E-state index in [0.717, 1.165) is 11.3 Å². The van der Waals surface area contributed by atoms with Crippen molar-refractivity contribution in [1.82, 2.24) is 0 Å². The lowest BCUT2D eigenvalue weighted by Gasteiger charge is -2.21. The van der Waals surface area contributed by atoms with E-state index >= 15 is 0 Å². The second-order valence-corrected chi connectivity index (χ2v) is 5.73. The summed E-state index contributed by atoms with van der Waals surface area (Å²) in [4.78, 5) is 11.7. The molecular weight excluding hydrogens is 322 g/mol. The maximum atomic E-state index is 11.7. The Bertz CT molecular complexity index is 835. The number of benzene rings is 3. The van der Waals surface area contributed by atoms with Crippen LogP contribution in [0.3, 0.4) is 0 Å². The van der Waals surface area contributed by atoms with Gasteiger partial charge in [-0.1, -0.05) is 54.6 Å². The van der Waals surface area contributed by atoms with E-state index in [1.165, 1.54) is 4.42 Å². The van der Waals surface area contributed by atoms with Gasteiger partial charge in [0.25, 0.3) is 0 Å². The lowest BCUT2D eigenvalue weighted by atomic mass is 9.97. The average Bonchev–Trinajstić information content (AvgIpc) is 2.63. The van der Waals surface area contributed by atoms with E-state index in [1.54, 1.807) is 12.1 Å². The number of para-hydroxylation sites is 1. The zero-order valence-corrected chi connectivity index (χ0v) is 13.6. The molecule has 0 heterocycles. The second-order valence-electron chi connectivity index (χ2n) is 5.39. The average molecular weight is 338 g/mol. The van der Waals surface area contributed by atoms with Crippen molar-refractivity contribution in [3.63, 3.8) is 0 Å². The first-order valence-corrected chi connectivity index (χ1v) is 7.90. The summed E-state index contributed by atoms with van der Waals surface area (Å²) in [5.74, 6) is -0.957. The number of carboxylic acids is 1. The molecule has 0 saturated carbocycles. The van der Waals surface area contributed by atoms with Crippen LogP contribution >= 0.6 is 11.8 Å². The summed E-state index contributed by atoms with van der Waals surface area (Å²) in [7, 11) is 0. The van der Waals surface area contributed by atoms with Gasteiger partial charge in [-0.15, -0.1) is 0 Å². The standard InChI is InChI=1S/C20H16ClNO2/c21-22(16-10-5-2-6-11-16)19-13-7-12-17(20(23)24)18(19)14-15-8-3-1-4-9-15/h1-13H,14H2,(H,23,24). The van der Waals surface area contributed by atoms with Gasteiger partial charge >= 0.3 is 5.97 Å². The van der Waals surface area contributed by atoms with Crippen LogP contribution in [0, 0.1) is 0 Å². The fourth-order valence-corrected chi connectivity index (χ4v) is 2.91. The number of carboxylic acid groups (broad SMARTS) is 1. The van der Waals surface area contributed by atoms with Gasteiger partial charge in [0.2, 0.25) is 0 Å². The highest BCUT2D eigenvalue weighted by Crippen LogP contribution is 2.33. The van der Waals surface area contributed by atoms with Crippen LogP contribution in [-0.4, -0.2) is 11.1 Å².